The molecule has 0 atom stereocenters. The standard InChI is InChI=1S/C8H13NO3/c1-6(8(11)12)5-7(10)3-2-4-9/h5H,2-4,9H2,1H3,(H,11,12). The second-order valence-corrected chi connectivity index (χ2v) is 2.49. The first kappa shape index (κ1) is 10.8. The Morgan fingerprint density at radius 1 is 1.50 bits per heavy atom. The van der Waals surface area contributed by atoms with Gasteiger partial charge in [0.1, 0.15) is 0 Å². The highest BCUT2D eigenvalue weighted by Crippen LogP contribution is 1.96. The van der Waals surface area contributed by atoms with Crippen molar-refractivity contribution in [1.29, 1.82) is 0 Å². The van der Waals surface area contributed by atoms with Crippen molar-refractivity contribution in [3.05, 3.63) is 11.6 Å². The summed E-state index contributed by atoms with van der Waals surface area (Å²) in [6, 6.07) is 0. The predicted molar refractivity (Wildman–Crippen MR) is 44.7 cm³/mol. The fraction of sp³-hybridized carbons (Fsp3) is 0.500. The zero-order valence-electron chi connectivity index (χ0n) is 7.04. The molecule has 0 fully saturated rings. The van der Waals surface area contributed by atoms with Crippen LogP contribution in [0.5, 0.6) is 0 Å². The Kier molecular flexibility index (Phi) is 4.96. The van der Waals surface area contributed by atoms with Crippen molar-refractivity contribution in [3.63, 3.8) is 0 Å². The van der Waals surface area contributed by atoms with E-state index in [4.69, 9.17) is 10.8 Å². The van der Waals surface area contributed by atoms with Crippen LogP contribution in [0.1, 0.15) is 19.8 Å². The minimum Gasteiger partial charge on any atom is -0.478 e. The first-order chi connectivity index (χ1) is 5.57. The minimum atomic E-state index is -1.06. The van der Waals surface area contributed by atoms with Crippen molar-refractivity contribution in [3.8, 4) is 0 Å². The Labute approximate surface area is 71.1 Å². The second kappa shape index (κ2) is 5.49. The van der Waals surface area contributed by atoms with Gasteiger partial charge in [-0.25, -0.2) is 4.79 Å². The summed E-state index contributed by atoms with van der Waals surface area (Å²) in [7, 11) is 0. The van der Waals surface area contributed by atoms with E-state index < -0.39 is 5.97 Å². The molecule has 12 heavy (non-hydrogen) atoms. The second-order valence-electron chi connectivity index (χ2n) is 2.49. The van der Waals surface area contributed by atoms with Gasteiger partial charge in [-0.3, -0.25) is 4.79 Å². The van der Waals surface area contributed by atoms with E-state index in [1.807, 2.05) is 0 Å². The molecule has 0 spiro atoms. The fourth-order valence-corrected chi connectivity index (χ4v) is 0.652. The van der Waals surface area contributed by atoms with Gasteiger partial charge in [0.05, 0.1) is 0 Å². The normalized spacial score (nSPS) is 11.3. The monoisotopic (exact) mass is 171 g/mol. The summed E-state index contributed by atoms with van der Waals surface area (Å²) in [6.07, 6.45) is 2.06. The zero-order chi connectivity index (χ0) is 9.56. The molecule has 0 aromatic carbocycles. The third-order valence-electron chi connectivity index (χ3n) is 1.34. The van der Waals surface area contributed by atoms with Gasteiger partial charge in [0, 0.05) is 12.0 Å². The van der Waals surface area contributed by atoms with Crippen LogP contribution in [0.25, 0.3) is 0 Å². The minimum absolute atomic E-state index is 0.0667. The molecular formula is C8H13NO3. The van der Waals surface area contributed by atoms with Gasteiger partial charge in [0.15, 0.2) is 5.78 Å². The van der Waals surface area contributed by atoms with Crippen LogP contribution in [-0.4, -0.2) is 23.4 Å². The Balaban J connectivity index is 3.97. The van der Waals surface area contributed by atoms with E-state index in [2.05, 4.69) is 0 Å². The van der Waals surface area contributed by atoms with Gasteiger partial charge in [0.25, 0.3) is 0 Å². The number of carboxylic acids is 1. The first-order valence-corrected chi connectivity index (χ1v) is 3.72. The molecule has 0 unspecified atom stereocenters. The van der Waals surface area contributed by atoms with Gasteiger partial charge >= 0.3 is 5.97 Å². The third kappa shape index (κ3) is 4.62. The quantitative estimate of drug-likeness (QED) is 0.584. The van der Waals surface area contributed by atoms with E-state index in [0.717, 1.165) is 6.08 Å². The summed E-state index contributed by atoms with van der Waals surface area (Å²) in [6.45, 7) is 1.84. The molecular weight excluding hydrogens is 158 g/mol. The number of aliphatic carboxylic acids is 1. The topological polar surface area (TPSA) is 80.4 Å². The smallest absolute Gasteiger partial charge is 0.331 e. The molecule has 0 saturated heterocycles. The summed E-state index contributed by atoms with van der Waals surface area (Å²) in [5.74, 6) is -1.24. The number of carbonyl (C=O) groups excluding carboxylic acids is 1. The molecule has 0 aromatic rings. The largest absolute Gasteiger partial charge is 0.478 e. The van der Waals surface area contributed by atoms with Gasteiger partial charge in [-0.1, -0.05) is 0 Å². The molecule has 0 radical (unpaired) electrons. The fourth-order valence-electron chi connectivity index (χ4n) is 0.652. The Morgan fingerprint density at radius 3 is 2.50 bits per heavy atom. The molecule has 0 amide bonds. The van der Waals surface area contributed by atoms with Crippen molar-refractivity contribution in [2.24, 2.45) is 5.73 Å². The molecule has 0 aliphatic rings. The number of carboxylic acid groups (broad SMARTS) is 1. The van der Waals surface area contributed by atoms with Gasteiger partial charge in [-0.05, 0) is 26.0 Å². The highest BCUT2D eigenvalue weighted by molar-refractivity contribution is 5.98. The summed E-state index contributed by atoms with van der Waals surface area (Å²) in [4.78, 5) is 21.2. The third-order valence-corrected chi connectivity index (χ3v) is 1.34. The maximum Gasteiger partial charge on any atom is 0.331 e. The molecule has 0 heterocycles. The maximum atomic E-state index is 10.9. The Morgan fingerprint density at radius 2 is 2.08 bits per heavy atom. The first-order valence-electron chi connectivity index (χ1n) is 3.72. The van der Waals surface area contributed by atoms with Crippen molar-refractivity contribution < 1.29 is 14.7 Å². The summed E-state index contributed by atoms with van der Waals surface area (Å²) < 4.78 is 0. The average molecular weight is 171 g/mol. The molecule has 0 aliphatic carbocycles. The summed E-state index contributed by atoms with van der Waals surface area (Å²) >= 11 is 0. The molecule has 4 nitrogen and oxygen atoms in total. The van der Waals surface area contributed by atoms with Crippen molar-refractivity contribution in [1.82, 2.24) is 0 Å². The zero-order valence-corrected chi connectivity index (χ0v) is 7.04. The maximum absolute atomic E-state index is 10.9. The number of ketones is 1. The molecule has 0 aromatic heterocycles. The van der Waals surface area contributed by atoms with Crippen LogP contribution in [0.2, 0.25) is 0 Å². The average Bonchev–Trinajstić information content (AvgIpc) is 2.00. The highest BCUT2D eigenvalue weighted by atomic mass is 16.4. The molecule has 0 aliphatic heterocycles. The number of allylic oxidation sites excluding steroid dienone is 1. The number of hydrogen-bond acceptors (Lipinski definition) is 3. The number of carbonyl (C=O) groups is 2. The van der Waals surface area contributed by atoms with Crippen LogP contribution < -0.4 is 5.73 Å². The lowest BCUT2D eigenvalue weighted by atomic mass is 10.1. The van der Waals surface area contributed by atoms with E-state index in [9.17, 15) is 9.59 Å². The van der Waals surface area contributed by atoms with E-state index in [1.54, 1.807) is 0 Å². The molecule has 0 bridgehead atoms. The lowest BCUT2D eigenvalue weighted by molar-refractivity contribution is -0.132. The summed E-state index contributed by atoms with van der Waals surface area (Å²) in [5, 5.41) is 8.41. The SMILES string of the molecule is CC(=CC(=O)CCCN)C(=O)O. The summed E-state index contributed by atoms with van der Waals surface area (Å²) in [5.41, 5.74) is 5.24. The van der Waals surface area contributed by atoms with E-state index >= 15 is 0 Å². The van der Waals surface area contributed by atoms with Crippen LogP contribution in [0, 0.1) is 0 Å². The van der Waals surface area contributed by atoms with Crippen molar-refractivity contribution >= 4 is 11.8 Å². The van der Waals surface area contributed by atoms with Crippen LogP contribution in [0.3, 0.4) is 0 Å². The lowest BCUT2D eigenvalue weighted by Gasteiger charge is -1.93. The van der Waals surface area contributed by atoms with Crippen LogP contribution in [0.4, 0.5) is 0 Å². The van der Waals surface area contributed by atoms with E-state index in [-0.39, 0.29) is 11.4 Å². The van der Waals surface area contributed by atoms with Gasteiger partial charge in [-0.15, -0.1) is 0 Å². The van der Waals surface area contributed by atoms with E-state index in [0.29, 0.717) is 19.4 Å². The predicted octanol–water partition coefficient (Wildman–Crippen LogP) is 0.325. The van der Waals surface area contributed by atoms with Crippen molar-refractivity contribution in [2.75, 3.05) is 6.54 Å². The molecule has 68 valence electrons. The number of hydrogen-bond donors (Lipinski definition) is 2. The molecule has 4 heteroatoms. The van der Waals surface area contributed by atoms with Gasteiger partial charge < -0.3 is 10.8 Å². The molecule has 0 saturated carbocycles. The van der Waals surface area contributed by atoms with Gasteiger partial charge in [0.2, 0.25) is 0 Å². The van der Waals surface area contributed by atoms with Crippen LogP contribution in [0.15, 0.2) is 11.6 Å². The lowest BCUT2D eigenvalue weighted by Crippen LogP contribution is -2.04. The van der Waals surface area contributed by atoms with Crippen LogP contribution in [-0.2, 0) is 9.59 Å². The number of nitrogens with two attached hydrogens (primary N) is 1. The Bertz CT molecular complexity index is 208. The Hall–Kier alpha value is -1.16. The van der Waals surface area contributed by atoms with E-state index in [1.165, 1.54) is 6.92 Å². The van der Waals surface area contributed by atoms with Crippen molar-refractivity contribution in [2.45, 2.75) is 19.8 Å². The van der Waals surface area contributed by atoms with Crippen LogP contribution >= 0.6 is 0 Å². The molecule has 3 N–H and O–H groups in total. The molecule has 0 rings (SSSR count). The highest BCUT2D eigenvalue weighted by Gasteiger charge is 2.03. The van der Waals surface area contributed by atoms with Gasteiger partial charge in [-0.2, -0.15) is 0 Å². The number of rotatable bonds is 5.